The number of carbonyl (C=O) groups excluding carboxylic acids is 3. The first kappa shape index (κ1) is 25.9. The van der Waals surface area contributed by atoms with E-state index in [-0.39, 0.29) is 54.0 Å². The highest BCUT2D eigenvalue weighted by molar-refractivity contribution is 6.00. The van der Waals surface area contributed by atoms with Gasteiger partial charge in [-0.2, -0.15) is 0 Å². The molecule has 2 saturated heterocycles. The number of piperidine rings is 1. The molecule has 0 spiro atoms. The summed E-state index contributed by atoms with van der Waals surface area (Å²) < 4.78 is 35.3. The predicted octanol–water partition coefficient (Wildman–Crippen LogP) is 2.88. The molecule has 3 atom stereocenters. The normalized spacial score (nSPS) is 29.6. The standard InChI is InChI=1S/C26H35F2N3O4/c1-15(32)19-9-4-16(25(28)20(19)14-29-22-10-11-24(33)31-26(22)34)13-23-21(3-2-12-35-23)30-18-7-5-17(27)6-8-18/h4,9,17-18,21-23,29-30H,2-3,5-8,10-14H2,1H3,(H,31,33,34)/t17?,18?,21-,22-,23+/m0/s1. The third kappa shape index (κ3) is 6.51. The van der Waals surface area contributed by atoms with E-state index >= 15 is 4.39 Å². The highest BCUT2D eigenvalue weighted by Crippen LogP contribution is 2.27. The summed E-state index contributed by atoms with van der Waals surface area (Å²) in [6, 6.07) is 2.96. The molecule has 0 radical (unpaired) electrons. The van der Waals surface area contributed by atoms with Crippen molar-refractivity contribution in [2.45, 2.75) is 102 Å². The van der Waals surface area contributed by atoms with E-state index in [1.807, 2.05) is 0 Å². The first-order valence-corrected chi connectivity index (χ1v) is 12.7. The van der Waals surface area contributed by atoms with E-state index in [1.165, 1.54) is 6.92 Å². The van der Waals surface area contributed by atoms with Crippen LogP contribution in [0.5, 0.6) is 0 Å². The van der Waals surface area contributed by atoms with Gasteiger partial charge < -0.3 is 15.4 Å². The molecule has 1 aliphatic carbocycles. The Hall–Kier alpha value is -2.23. The number of halogens is 2. The minimum absolute atomic E-state index is 0.000533. The Labute approximate surface area is 204 Å². The molecule has 3 N–H and O–H groups in total. The van der Waals surface area contributed by atoms with Crippen molar-refractivity contribution in [1.82, 2.24) is 16.0 Å². The van der Waals surface area contributed by atoms with Gasteiger partial charge >= 0.3 is 0 Å². The fourth-order valence-corrected chi connectivity index (χ4v) is 5.41. The van der Waals surface area contributed by atoms with Gasteiger partial charge in [0.1, 0.15) is 12.0 Å². The van der Waals surface area contributed by atoms with Crippen LogP contribution >= 0.6 is 0 Å². The number of nitrogens with one attached hydrogen (secondary N) is 3. The second-order valence-corrected chi connectivity index (χ2v) is 9.98. The van der Waals surface area contributed by atoms with Crippen molar-refractivity contribution in [2.24, 2.45) is 0 Å². The summed E-state index contributed by atoms with van der Waals surface area (Å²) >= 11 is 0. The van der Waals surface area contributed by atoms with E-state index in [0.717, 1.165) is 25.7 Å². The summed E-state index contributed by atoms with van der Waals surface area (Å²) in [5.74, 6) is -1.48. The average molecular weight is 492 g/mol. The number of benzene rings is 1. The van der Waals surface area contributed by atoms with Crippen molar-refractivity contribution in [1.29, 1.82) is 0 Å². The first-order chi connectivity index (χ1) is 16.8. The number of carbonyl (C=O) groups is 3. The van der Waals surface area contributed by atoms with Gasteiger partial charge in [-0.1, -0.05) is 12.1 Å². The van der Waals surface area contributed by atoms with Crippen molar-refractivity contribution < 1.29 is 27.9 Å². The van der Waals surface area contributed by atoms with Gasteiger partial charge in [-0.3, -0.25) is 19.7 Å². The molecule has 1 aromatic rings. The molecule has 2 aliphatic heterocycles. The maximum atomic E-state index is 15.7. The molecule has 0 bridgehead atoms. The number of imide groups is 1. The van der Waals surface area contributed by atoms with E-state index in [2.05, 4.69) is 16.0 Å². The predicted molar refractivity (Wildman–Crippen MR) is 126 cm³/mol. The van der Waals surface area contributed by atoms with Crippen LogP contribution in [0.25, 0.3) is 0 Å². The fraction of sp³-hybridized carbons (Fsp3) is 0.654. The number of Topliss-reactive ketones (excluding diaryl/α,β-unsaturated/α-hetero) is 1. The first-order valence-electron chi connectivity index (χ1n) is 12.7. The van der Waals surface area contributed by atoms with Gasteiger partial charge in [0, 0.05) is 49.2 Å². The zero-order valence-corrected chi connectivity index (χ0v) is 20.2. The lowest BCUT2D eigenvalue weighted by molar-refractivity contribution is -0.134. The van der Waals surface area contributed by atoms with Crippen LogP contribution in [0.15, 0.2) is 12.1 Å². The van der Waals surface area contributed by atoms with Crippen LogP contribution in [-0.4, -0.2) is 54.6 Å². The van der Waals surface area contributed by atoms with Gasteiger partial charge in [-0.15, -0.1) is 0 Å². The Bertz CT molecular complexity index is 949. The zero-order valence-electron chi connectivity index (χ0n) is 20.2. The lowest BCUT2D eigenvalue weighted by Gasteiger charge is -2.37. The van der Waals surface area contributed by atoms with E-state index < -0.39 is 23.9 Å². The maximum absolute atomic E-state index is 15.7. The molecule has 35 heavy (non-hydrogen) atoms. The Morgan fingerprint density at radius 2 is 1.91 bits per heavy atom. The molecule has 0 unspecified atom stereocenters. The molecule has 3 aliphatic rings. The minimum atomic E-state index is -0.715. The van der Waals surface area contributed by atoms with Crippen molar-refractivity contribution >= 4 is 17.6 Å². The molecule has 3 fully saturated rings. The summed E-state index contributed by atoms with van der Waals surface area (Å²) in [7, 11) is 0. The highest BCUT2D eigenvalue weighted by atomic mass is 19.1. The fourth-order valence-electron chi connectivity index (χ4n) is 5.41. The number of amides is 2. The molecule has 1 aromatic carbocycles. The molecule has 192 valence electrons. The van der Waals surface area contributed by atoms with Crippen molar-refractivity contribution in [2.75, 3.05) is 6.61 Å². The second-order valence-electron chi connectivity index (χ2n) is 9.98. The van der Waals surface area contributed by atoms with E-state index in [1.54, 1.807) is 12.1 Å². The molecule has 9 heteroatoms. The lowest BCUT2D eigenvalue weighted by Crippen LogP contribution is -2.51. The third-order valence-electron chi connectivity index (χ3n) is 7.43. The number of ketones is 1. The van der Waals surface area contributed by atoms with Crippen LogP contribution < -0.4 is 16.0 Å². The molecular formula is C26H35F2N3O4. The van der Waals surface area contributed by atoms with Crippen LogP contribution in [0, 0.1) is 5.82 Å². The van der Waals surface area contributed by atoms with Gasteiger partial charge in [0.05, 0.1) is 12.1 Å². The molecule has 7 nitrogen and oxygen atoms in total. The Morgan fingerprint density at radius 1 is 1.14 bits per heavy atom. The number of rotatable bonds is 8. The van der Waals surface area contributed by atoms with Crippen LogP contribution in [-0.2, 0) is 27.3 Å². The number of hydrogen-bond acceptors (Lipinski definition) is 6. The van der Waals surface area contributed by atoms with Gasteiger partial charge in [0.2, 0.25) is 11.8 Å². The van der Waals surface area contributed by atoms with Crippen LogP contribution in [0.2, 0.25) is 0 Å². The summed E-state index contributed by atoms with van der Waals surface area (Å²) in [5, 5.41) is 8.93. The van der Waals surface area contributed by atoms with Crippen LogP contribution in [0.1, 0.15) is 79.8 Å². The van der Waals surface area contributed by atoms with Gasteiger partial charge in [-0.05, 0) is 57.4 Å². The van der Waals surface area contributed by atoms with Gasteiger partial charge in [0.25, 0.3) is 0 Å². The van der Waals surface area contributed by atoms with E-state index in [0.29, 0.717) is 37.9 Å². The number of hydrogen-bond donors (Lipinski definition) is 3. The minimum Gasteiger partial charge on any atom is -0.376 e. The summed E-state index contributed by atoms with van der Waals surface area (Å²) in [6.45, 7) is 2.00. The number of alkyl halides is 1. The summed E-state index contributed by atoms with van der Waals surface area (Å²) in [4.78, 5) is 35.7. The number of ether oxygens (including phenoxy) is 1. The average Bonchev–Trinajstić information content (AvgIpc) is 2.83. The quantitative estimate of drug-likeness (QED) is 0.382. The van der Waals surface area contributed by atoms with Crippen LogP contribution in [0.3, 0.4) is 0 Å². The summed E-state index contributed by atoms with van der Waals surface area (Å²) in [5.41, 5.74) is 0.954. The maximum Gasteiger partial charge on any atom is 0.243 e. The molecule has 4 rings (SSSR count). The smallest absolute Gasteiger partial charge is 0.243 e. The largest absolute Gasteiger partial charge is 0.376 e. The molecular weight excluding hydrogens is 456 g/mol. The van der Waals surface area contributed by atoms with E-state index in [4.69, 9.17) is 4.74 Å². The monoisotopic (exact) mass is 491 g/mol. The Balaban J connectivity index is 1.47. The molecule has 2 heterocycles. The molecule has 1 saturated carbocycles. The van der Waals surface area contributed by atoms with Crippen molar-refractivity contribution in [3.63, 3.8) is 0 Å². The third-order valence-corrected chi connectivity index (χ3v) is 7.43. The van der Waals surface area contributed by atoms with Crippen molar-refractivity contribution in [3.8, 4) is 0 Å². The topological polar surface area (TPSA) is 96.5 Å². The SMILES string of the molecule is CC(=O)c1ccc(C[C@H]2OCCC[C@@H]2NC2CCC(F)CC2)c(F)c1CN[C@H]1CCC(=O)NC1=O. The molecule has 2 amide bonds. The van der Waals surface area contributed by atoms with E-state index in [9.17, 15) is 18.8 Å². The second kappa shape index (κ2) is 11.7. The Kier molecular flexibility index (Phi) is 8.62. The lowest BCUT2D eigenvalue weighted by atomic mass is 9.89. The van der Waals surface area contributed by atoms with Crippen molar-refractivity contribution in [3.05, 3.63) is 34.6 Å². The van der Waals surface area contributed by atoms with Crippen LogP contribution in [0.4, 0.5) is 8.78 Å². The Morgan fingerprint density at radius 3 is 2.63 bits per heavy atom. The van der Waals surface area contributed by atoms with Gasteiger partial charge in [-0.25, -0.2) is 8.78 Å². The zero-order chi connectivity index (χ0) is 24.9. The highest BCUT2D eigenvalue weighted by Gasteiger charge is 2.32. The molecule has 0 aromatic heterocycles. The van der Waals surface area contributed by atoms with Gasteiger partial charge in [0.15, 0.2) is 5.78 Å². The summed E-state index contributed by atoms with van der Waals surface area (Å²) in [6.07, 6.45) is 4.52.